The first-order valence-electron chi connectivity index (χ1n) is 10.6. The monoisotopic (exact) mass is 475 g/mol. The Bertz CT molecular complexity index is 1220. The van der Waals surface area contributed by atoms with Gasteiger partial charge in [0.25, 0.3) is 5.91 Å². The molecule has 3 heterocycles. The minimum Gasteiger partial charge on any atom is -0.383 e. The summed E-state index contributed by atoms with van der Waals surface area (Å²) in [4.78, 5) is 19.5. The molecular weight excluding hydrogens is 451 g/mol. The molecule has 1 aliphatic heterocycles. The number of rotatable bonds is 6. The molecule has 1 aromatic carbocycles. The molecule has 1 amide bonds. The summed E-state index contributed by atoms with van der Waals surface area (Å²) in [5.41, 5.74) is 8.00. The number of fused-ring (bicyclic) bond motifs is 3. The molecule has 2 N–H and O–H groups in total. The number of nitrogens with two attached hydrogens (primary N) is 1. The Labute approximate surface area is 193 Å². The van der Waals surface area contributed by atoms with Crippen molar-refractivity contribution in [2.45, 2.75) is 45.3 Å². The lowest BCUT2D eigenvalue weighted by atomic mass is 10.00. The maximum absolute atomic E-state index is 13.5. The van der Waals surface area contributed by atoms with Crippen molar-refractivity contribution < 1.29 is 27.4 Å². The van der Waals surface area contributed by atoms with Gasteiger partial charge in [-0.05, 0) is 49.7 Å². The third kappa shape index (κ3) is 4.53. The van der Waals surface area contributed by atoms with Crippen LogP contribution < -0.4 is 5.73 Å². The first-order valence-corrected chi connectivity index (χ1v) is 10.6. The number of benzene rings is 1. The van der Waals surface area contributed by atoms with E-state index in [1.165, 1.54) is 18.1 Å². The van der Waals surface area contributed by atoms with Crippen LogP contribution in [0.15, 0.2) is 30.3 Å². The molecule has 0 unspecified atom stereocenters. The SMILES string of the molecule is COC[C@@H](C)N(Cc1ccc(C(F)(F)F)nn1)C(=O)c1ccc2nc(N)c3c(c2c1)CO[C@@H]3C. The largest absolute Gasteiger partial charge is 0.435 e. The molecule has 0 spiro atoms. The van der Waals surface area contributed by atoms with Crippen LogP contribution in [-0.4, -0.2) is 45.7 Å². The van der Waals surface area contributed by atoms with Crippen LogP contribution in [-0.2, 0) is 28.8 Å². The Morgan fingerprint density at radius 3 is 2.71 bits per heavy atom. The van der Waals surface area contributed by atoms with E-state index in [4.69, 9.17) is 15.2 Å². The van der Waals surface area contributed by atoms with E-state index in [1.54, 1.807) is 25.1 Å². The van der Waals surface area contributed by atoms with E-state index in [2.05, 4.69) is 15.2 Å². The first kappa shape index (κ1) is 23.8. The van der Waals surface area contributed by atoms with Crippen molar-refractivity contribution in [2.75, 3.05) is 19.5 Å². The molecule has 0 aliphatic carbocycles. The number of halogens is 3. The van der Waals surface area contributed by atoms with Crippen molar-refractivity contribution >= 4 is 22.6 Å². The molecule has 1 aliphatic rings. The smallest absolute Gasteiger partial charge is 0.383 e. The molecule has 4 rings (SSSR count). The molecule has 8 nitrogen and oxygen atoms in total. The van der Waals surface area contributed by atoms with Gasteiger partial charge in [0.2, 0.25) is 0 Å². The van der Waals surface area contributed by atoms with Crippen LogP contribution in [0.5, 0.6) is 0 Å². The zero-order valence-electron chi connectivity index (χ0n) is 18.9. The highest BCUT2D eigenvalue weighted by atomic mass is 19.4. The molecule has 34 heavy (non-hydrogen) atoms. The van der Waals surface area contributed by atoms with Crippen LogP contribution >= 0.6 is 0 Å². The Kier molecular flexibility index (Phi) is 6.41. The number of carbonyl (C=O) groups is 1. The summed E-state index contributed by atoms with van der Waals surface area (Å²) in [6, 6.07) is 6.80. The average molecular weight is 475 g/mol. The van der Waals surface area contributed by atoms with Crippen LogP contribution in [0.3, 0.4) is 0 Å². The predicted octanol–water partition coefficient (Wildman–Crippen LogP) is 3.89. The van der Waals surface area contributed by atoms with E-state index in [0.29, 0.717) is 23.5 Å². The number of nitrogens with zero attached hydrogens (tertiary/aromatic N) is 4. The molecule has 0 bridgehead atoms. The lowest BCUT2D eigenvalue weighted by Crippen LogP contribution is -2.40. The number of carbonyl (C=O) groups excluding carboxylic acids is 1. The van der Waals surface area contributed by atoms with Crippen LogP contribution in [0.25, 0.3) is 10.9 Å². The highest BCUT2D eigenvalue weighted by Crippen LogP contribution is 2.38. The van der Waals surface area contributed by atoms with E-state index < -0.39 is 11.9 Å². The van der Waals surface area contributed by atoms with Gasteiger partial charge in [-0.2, -0.15) is 18.3 Å². The number of amides is 1. The first-order chi connectivity index (χ1) is 16.1. The Morgan fingerprint density at radius 2 is 2.06 bits per heavy atom. The number of alkyl halides is 3. The van der Waals surface area contributed by atoms with Gasteiger partial charge in [-0.25, -0.2) is 4.98 Å². The highest BCUT2D eigenvalue weighted by Gasteiger charge is 2.33. The summed E-state index contributed by atoms with van der Waals surface area (Å²) in [6.07, 6.45) is -4.78. The molecule has 0 saturated carbocycles. The topological polar surface area (TPSA) is 103 Å². The molecule has 180 valence electrons. The number of aromatic nitrogens is 3. The second-order valence-corrected chi connectivity index (χ2v) is 8.22. The number of anilines is 1. The predicted molar refractivity (Wildman–Crippen MR) is 118 cm³/mol. The summed E-state index contributed by atoms with van der Waals surface area (Å²) in [7, 11) is 1.51. The van der Waals surface area contributed by atoms with Crippen molar-refractivity contribution in [1.82, 2.24) is 20.1 Å². The molecule has 3 aromatic rings. The number of hydrogen-bond donors (Lipinski definition) is 1. The van der Waals surface area contributed by atoms with Gasteiger partial charge in [-0.3, -0.25) is 4.79 Å². The molecule has 11 heteroatoms. The summed E-state index contributed by atoms with van der Waals surface area (Å²) in [5.74, 6) is 0.0773. The molecule has 2 aromatic heterocycles. The molecule has 0 radical (unpaired) electrons. The molecular formula is C23H24F3N5O3. The standard InChI is InChI=1S/C23H24F3N5O3/c1-12(10-33-3)31(9-15-5-7-19(30-29-15)23(24,25)26)22(32)14-4-6-18-16(8-14)17-11-34-13(2)20(17)21(27)28-18/h4-8,12-13H,9-11H2,1-3H3,(H2,27,28)/t12-,13-/m1/s1. The molecule has 0 saturated heterocycles. The van der Waals surface area contributed by atoms with Gasteiger partial charge in [0.15, 0.2) is 5.69 Å². The molecule has 0 fully saturated rings. The van der Waals surface area contributed by atoms with Crippen molar-refractivity contribution in [2.24, 2.45) is 0 Å². The second-order valence-electron chi connectivity index (χ2n) is 8.22. The maximum atomic E-state index is 13.5. The summed E-state index contributed by atoms with van der Waals surface area (Å²) >= 11 is 0. The fraction of sp³-hybridized carbons (Fsp3) is 0.391. The van der Waals surface area contributed by atoms with E-state index in [9.17, 15) is 18.0 Å². The van der Waals surface area contributed by atoms with E-state index in [0.717, 1.165) is 22.6 Å². The fourth-order valence-electron chi connectivity index (χ4n) is 4.09. The zero-order valence-corrected chi connectivity index (χ0v) is 18.9. The van der Waals surface area contributed by atoms with Gasteiger partial charge in [0.05, 0.1) is 43.1 Å². The molecule has 2 atom stereocenters. The third-order valence-corrected chi connectivity index (χ3v) is 5.84. The summed E-state index contributed by atoms with van der Waals surface area (Å²) in [5, 5.41) is 7.70. The van der Waals surface area contributed by atoms with Crippen LogP contribution in [0.4, 0.5) is 19.0 Å². The highest BCUT2D eigenvalue weighted by molar-refractivity contribution is 5.99. The van der Waals surface area contributed by atoms with Gasteiger partial charge in [0, 0.05) is 23.6 Å². The Balaban J connectivity index is 1.68. The summed E-state index contributed by atoms with van der Waals surface area (Å²) < 4.78 is 49.4. The van der Waals surface area contributed by atoms with Gasteiger partial charge in [-0.1, -0.05) is 0 Å². The van der Waals surface area contributed by atoms with Gasteiger partial charge in [-0.15, -0.1) is 5.10 Å². The van der Waals surface area contributed by atoms with E-state index in [1.807, 2.05) is 6.92 Å². The average Bonchev–Trinajstić information content (AvgIpc) is 3.19. The van der Waals surface area contributed by atoms with Crippen molar-refractivity contribution in [1.29, 1.82) is 0 Å². The van der Waals surface area contributed by atoms with Crippen LogP contribution in [0.2, 0.25) is 0 Å². The third-order valence-electron chi connectivity index (χ3n) is 5.84. The van der Waals surface area contributed by atoms with Crippen molar-refractivity contribution in [3.63, 3.8) is 0 Å². The number of nitrogen functional groups attached to an aromatic ring is 1. The zero-order chi connectivity index (χ0) is 24.6. The lowest BCUT2D eigenvalue weighted by molar-refractivity contribution is -0.141. The van der Waals surface area contributed by atoms with Crippen molar-refractivity contribution in [3.8, 4) is 0 Å². The second kappa shape index (κ2) is 9.15. The Hall–Kier alpha value is -3.31. The maximum Gasteiger partial charge on any atom is 0.435 e. The Morgan fingerprint density at radius 1 is 1.29 bits per heavy atom. The van der Waals surface area contributed by atoms with E-state index in [-0.39, 0.29) is 36.9 Å². The number of hydrogen-bond acceptors (Lipinski definition) is 7. The summed E-state index contributed by atoms with van der Waals surface area (Å²) in [6.45, 7) is 4.23. The number of ether oxygens (including phenoxy) is 2. The lowest BCUT2D eigenvalue weighted by Gasteiger charge is -2.29. The van der Waals surface area contributed by atoms with Gasteiger partial charge >= 0.3 is 6.18 Å². The van der Waals surface area contributed by atoms with E-state index >= 15 is 0 Å². The number of methoxy groups -OCH3 is 1. The fourth-order valence-corrected chi connectivity index (χ4v) is 4.09. The van der Waals surface area contributed by atoms with Gasteiger partial charge < -0.3 is 20.1 Å². The quantitative estimate of drug-likeness (QED) is 0.577. The van der Waals surface area contributed by atoms with Gasteiger partial charge in [0.1, 0.15) is 5.82 Å². The van der Waals surface area contributed by atoms with Crippen LogP contribution in [0.1, 0.15) is 52.8 Å². The number of pyridine rings is 1. The van der Waals surface area contributed by atoms with Crippen LogP contribution in [0, 0.1) is 0 Å². The minimum atomic E-state index is -4.59. The minimum absolute atomic E-state index is 0.0369. The normalized spacial score (nSPS) is 16.5. The van der Waals surface area contributed by atoms with Crippen molar-refractivity contribution in [3.05, 3.63) is 58.4 Å².